The van der Waals surface area contributed by atoms with Crippen molar-refractivity contribution in [3.05, 3.63) is 27.3 Å². The van der Waals surface area contributed by atoms with E-state index in [0.29, 0.717) is 3.57 Å². The van der Waals surface area contributed by atoms with Gasteiger partial charge < -0.3 is 20.2 Å². The number of carbonyl (C=O) groups excluding carboxylic acids is 1. The summed E-state index contributed by atoms with van der Waals surface area (Å²) in [6.07, 6.45) is -0.806. The number of phenols is 1. The van der Waals surface area contributed by atoms with Gasteiger partial charge in [0.1, 0.15) is 11.8 Å². The lowest BCUT2D eigenvalue weighted by Gasteiger charge is -2.21. The molecule has 2 rings (SSSR count). The Balaban J connectivity index is 2.27. The minimum atomic E-state index is -1.14. The zero-order chi connectivity index (χ0) is 14.2. The first-order valence-corrected chi connectivity index (χ1v) is 6.68. The third kappa shape index (κ3) is 2.81. The van der Waals surface area contributed by atoms with Gasteiger partial charge >= 0.3 is 5.97 Å². The summed E-state index contributed by atoms with van der Waals surface area (Å²) in [4.78, 5) is 24.4. The highest BCUT2D eigenvalue weighted by molar-refractivity contribution is 14.1. The minimum absolute atomic E-state index is 0.0114. The third-order valence-corrected chi connectivity index (χ3v) is 3.93. The second kappa shape index (κ2) is 5.33. The summed E-state index contributed by atoms with van der Waals surface area (Å²) in [5, 5.41) is 28.1. The molecule has 0 bridgehead atoms. The lowest BCUT2D eigenvalue weighted by Crippen LogP contribution is -2.40. The number of likely N-dealkylation sites (tertiary alicyclic amines) is 1. The number of benzene rings is 1. The van der Waals surface area contributed by atoms with E-state index >= 15 is 0 Å². The summed E-state index contributed by atoms with van der Waals surface area (Å²) in [6, 6.07) is 3.37. The van der Waals surface area contributed by atoms with E-state index in [1.807, 2.05) is 22.6 Å². The smallest absolute Gasteiger partial charge is 0.326 e. The fourth-order valence-corrected chi connectivity index (χ4v) is 2.42. The minimum Gasteiger partial charge on any atom is -0.507 e. The van der Waals surface area contributed by atoms with Crippen LogP contribution in [0.4, 0.5) is 0 Å². The summed E-state index contributed by atoms with van der Waals surface area (Å²) >= 11 is 1.92. The Morgan fingerprint density at radius 2 is 2.05 bits per heavy atom. The van der Waals surface area contributed by atoms with Crippen molar-refractivity contribution in [3.63, 3.8) is 0 Å². The molecule has 7 heteroatoms. The number of carbonyl (C=O) groups is 2. The van der Waals surface area contributed by atoms with Gasteiger partial charge in [0.15, 0.2) is 0 Å². The van der Waals surface area contributed by atoms with Gasteiger partial charge in [-0.25, -0.2) is 4.79 Å². The average Bonchev–Trinajstić information content (AvgIpc) is 2.74. The summed E-state index contributed by atoms with van der Waals surface area (Å²) in [6.45, 7) is -0.0114. The number of halogens is 1. The number of carboxylic acids is 1. The SMILES string of the molecule is O=C(O)[C@@H]1CC(O)CN1C(=O)c1ccc(I)c(O)c1. The van der Waals surface area contributed by atoms with E-state index < -0.39 is 24.0 Å². The second-order valence-electron chi connectivity index (χ2n) is 4.37. The number of amides is 1. The first kappa shape index (κ1) is 14.1. The van der Waals surface area contributed by atoms with Gasteiger partial charge in [0.25, 0.3) is 5.91 Å². The van der Waals surface area contributed by atoms with Gasteiger partial charge in [0, 0.05) is 18.5 Å². The third-order valence-electron chi connectivity index (χ3n) is 3.02. The number of carboxylic acid groups (broad SMARTS) is 1. The molecule has 6 nitrogen and oxygen atoms in total. The van der Waals surface area contributed by atoms with Crippen LogP contribution in [-0.4, -0.2) is 50.8 Å². The molecule has 102 valence electrons. The van der Waals surface area contributed by atoms with Gasteiger partial charge in [0.2, 0.25) is 0 Å². The lowest BCUT2D eigenvalue weighted by atomic mass is 10.1. The first-order chi connectivity index (χ1) is 8.90. The van der Waals surface area contributed by atoms with Crippen LogP contribution in [0.15, 0.2) is 18.2 Å². The fourth-order valence-electron chi connectivity index (χ4n) is 2.08. The van der Waals surface area contributed by atoms with Crippen LogP contribution >= 0.6 is 22.6 Å². The highest BCUT2D eigenvalue weighted by Crippen LogP contribution is 2.25. The van der Waals surface area contributed by atoms with Crippen molar-refractivity contribution in [2.45, 2.75) is 18.6 Å². The number of rotatable bonds is 2. The van der Waals surface area contributed by atoms with Crippen LogP contribution in [0.1, 0.15) is 16.8 Å². The van der Waals surface area contributed by atoms with Crippen molar-refractivity contribution in [3.8, 4) is 5.75 Å². The Morgan fingerprint density at radius 3 is 2.63 bits per heavy atom. The number of hydrogen-bond donors (Lipinski definition) is 3. The van der Waals surface area contributed by atoms with E-state index in [2.05, 4.69) is 0 Å². The van der Waals surface area contributed by atoms with Crippen molar-refractivity contribution >= 4 is 34.5 Å². The van der Waals surface area contributed by atoms with Crippen molar-refractivity contribution in [1.82, 2.24) is 4.90 Å². The number of aliphatic hydroxyl groups is 1. The van der Waals surface area contributed by atoms with Crippen LogP contribution in [0.5, 0.6) is 5.75 Å². The van der Waals surface area contributed by atoms with E-state index in [4.69, 9.17) is 5.11 Å². The van der Waals surface area contributed by atoms with Crippen LogP contribution in [0, 0.1) is 3.57 Å². The number of nitrogens with zero attached hydrogens (tertiary/aromatic N) is 1. The Bertz CT molecular complexity index is 533. The molecular formula is C12H12INO5. The highest BCUT2D eigenvalue weighted by atomic mass is 127. The molecule has 1 aromatic carbocycles. The van der Waals surface area contributed by atoms with Gasteiger partial charge in [-0.3, -0.25) is 4.79 Å². The predicted molar refractivity (Wildman–Crippen MR) is 73.9 cm³/mol. The van der Waals surface area contributed by atoms with Crippen molar-refractivity contribution in [2.75, 3.05) is 6.54 Å². The number of β-amino-alcohol motifs (C(OH)–C–C–N with tert-alkyl or cyclic N) is 1. The quantitative estimate of drug-likeness (QED) is 0.658. The molecule has 19 heavy (non-hydrogen) atoms. The molecule has 1 aliphatic heterocycles. The largest absolute Gasteiger partial charge is 0.507 e. The number of aliphatic hydroxyl groups excluding tert-OH is 1. The van der Waals surface area contributed by atoms with E-state index in [1.54, 1.807) is 6.07 Å². The molecule has 0 radical (unpaired) electrons. The summed E-state index contributed by atoms with van der Waals surface area (Å²) in [7, 11) is 0. The molecule has 3 N–H and O–H groups in total. The van der Waals surface area contributed by atoms with Crippen LogP contribution in [0.3, 0.4) is 0 Å². The molecule has 1 aliphatic rings. The highest BCUT2D eigenvalue weighted by Gasteiger charge is 2.39. The number of hydrogen-bond acceptors (Lipinski definition) is 4. The molecule has 0 saturated carbocycles. The zero-order valence-corrected chi connectivity index (χ0v) is 11.9. The Hall–Kier alpha value is -1.35. The van der Waals surface area contributed by atoms with Gasteiger partial charge in [-0.15, -0.1) is 0 Å². The Morgan fingerprint density at radius 1 is 1.37 bits per heavy atom. The van der Waals surface area contributed by atoms with Gasteiger partial charge in [-0.05, 0) is 40.8 Å². The van der Waals surface area contributed by atoms with Crippen LogP contribution in [-0.2, 0) is 4.79 Å². The molecule has 2 atom stereocenters. The molecule has 0 aromatic heterocycles. The second-order valence-corrected chi connectivity index (χ2v) is 5.53. The molecule has 1 saturated heterocycles. The van der Waals surface area contributed by atoms with Crippen LogP contribution in [0.25, 0.3) is 0 Å². The fraction of sp³-hybridized carbons (Fsp3) is 0.333. The molecule has 1 fully saturated rings. The van der Waals surface area contributed by atoms with Gasteiger partial charge in [-0.1, -0.05) is 0 Å². The van der Waals surface area contributed by atoms with Crippen LogP contribution in [0.2, 0.25) is 0 Å². The summed E-state index contributed by atoms with van der Waals surface area (Å²) < 4.78 is 0.602. The van der Waals surface area contributed by atoms with Crippen LogP contribution < -0.4 is 0 Å². The van der Waals surface area contributed by atoms with Crippen molar-refractivity contribution in [1.29, 1.82) is 0 Å². The number of aromatic hydroxyl groups is 1. The summed E-state index contributed by atoms with van der Waals surface area (Å²) in [5.74, 6) is -1.67. The van der Waals surface area contributed by atoms with E-state index in [1.165, 1.54) is 12.1 Å². The molecule has 0 spiro atoms. The molecule has 1 unspecified atom stereocenters. The lowest BCUT2D eigenvalue weighted by molar-refractivity contribution is -0.141. The summed E-state index contributed by atoms with van der Waals surface area (Å²) in [5.41, 5.74) is 0.207. The van der Waals surface area contributed by atoms with E-state index in [0.717, 1.165) is 4.90 Å². The maximum Gasteiger partial charge on any atom is 0.326 e. The molecule has 1 heterocycles. The van der Waals surface area contributed by atoms with Crippen molar-refractivity contribution in [2.24, 2.45) is 0 Å². The Labute approximate surface area is 122 Å². The predicted octanol–water partition coefficient (Wildman–Crippen LogP) is 0.657. The van der Waals surface area contributed by atoms with E-state index in [-0.39, 0.29) is 24.3 Å². The number of phenolic OH excluding ortho intramolecular Hbond substituents is 1. The topological polar surface area (TPSA) is 98.1 Å². The molecular weight excluding hydrogens is 365 g/mol. The maximum atomic E-state index is 12.2. The van der Waals surface area contributed by atoms with Crippen molar-refractivity contribution < 1.29 is 24.9 Å². The standard InChI is InChI=1S/C12H12INO5/c13-8-2-1-6(3-10(8)16)11(17)14-5-7(15)4-9(14)12(18)19/h1-3,7,9,15-16H,4-5H2,(H,18,19)/t7?,9-/m0/s1. The molecule has 1 aromatic rings. The number of aliphatic carboxylic acids is 1. The van der Waals surface area contributed by atoms with Gasteiger partial charge in [0.05, 0.1) is 9.67 Å². The molecule has 1 amide bonds. The first-order valence-electron chi connectivity index (χ1n) is 5.60. The zero-order valence-electron chi connectivity index (χ0n) is 9.78. The maximum absolute atomic E-state index is 12.2. The normalized spacial score (nSPS) is 22.5. The van der Waals surface area contributed by atoms with Gasteiger partial charge in [-0.2, -0.15) is 0 Å². The average molecular weight is 377 g/mol. The Kier molecular flexibility index (Phi) is 3.95. The molecule has 0 aliphatic carbocycles. The van der Waals surface area contributed by atoms with E-state index in [9.17, 15) is 19.8 Å². The monoisotopic (exact) mass is 377 g/mol.